The van der Waals surface area contributed by atoms with Gasteiger partial charge >= 0.3 is 0 Å². The van der Waals surface area contributed by atoms with Crippen LogP contribution in [-0.2, 0) is 4.79 Å². The van der Waals surface area contributed by atoms with E-state index in [0.717, 1.165) is 26.7 Å². The van der Waals surface area contributed by atoms with Crippen molar-refractivity contribution in [2.45, 2.75) is 19.9 Å². The van der Waals surface area contributed by atoms with Crippen LogP contribution in [-0.4, -0.2) is 33.6 Å². The van der Waals surface area contributed by atoms with E-state index in [1.54, 1.807) is 47.7 Å². The highest BCUT2D eigenvalue weighted by atomic mass is 32.1. The summed E-state index contributed by atoms with van der Waals surface area (Å²) in [6, 6.07) is 23.1. The normalized spacial score (nSPS) is 13.7. The third kappa shape index (κ3) is 4.26. The molecule has 1 aliphatic heterocycles. The van der Waals surface area contributed by atoms with Gasteiger partial charge in [-0.3, -0.25) is 19.3 Å². The highest BCUT2D eigenvalue weighted by Crippen LogP contribution is 2.30. The average molecular weight is 482 g/mol. The number of nitrogens with one attached hydrogen (secondary N) is 1. The molecule has 1 aromatic heterocycles. The average Bonchev–Trinajstić information content (AvgIpc) is 3.45. The van der Waals surface area contributed by atoms with Gasteiger partial charge in [-0.25, -0.2) is 4.98 Å². The number of rotatable bonds is 6. The fourth-order valence-corrected chi connectivity index (χ4v) is 5.07. The van der Waals surface area contributed by atoms with Crippen LogP contribution in [0.4, 0.5) is 5.69 Å². The number of nitrogens with zero attached hydrogens (tertiary/aromatic N) is 2. The number of imide groups is 1. The number of carbonyl (C=O) groups excluding carboxylic acids is 3. The van der Waals surface area contributed by atoms with Gasteiger partial charge < -0.3 is 5.32 Å². The van der Waals surface area contributed by atoms with Crippen LogP contribution in [0, 0.1) is 5.92 Å². The van der Waals surface area contributed by atoms with E-state index < -0.39 is 23.8 Å². The van der Waals surface area contributed by atoms with Crippen LogP contribution in [0.1, 0.15) is 34.6 Å². The zero-order valence-electron chi connectivity index (χ0n) is 19.3. The summed E-state index contributed by atoms with van der Waals surface area (Å²) in [5.41, 5.74) is 4.11. The van der Waals surface area contributed by atoms with Gasteiger partial charge in [-0.1, -0.05) is 68.4 Å². The fourth-order valence-electron chi connectivity index (χ4n) is 4.24. The Morgan fingerprint density at radius 1 is 0.829 bits per heavy atom. The quantitative estimate of drug-likeness (QED) is 0.356. The van der Waals surface area contributed by atoms with Crippen LogP contribution >= 0.6 is 11.3 Å². The molecule has 0 aliphatic carbocycles. The topological polar surface area (TPSA) is 79.4 Å². The van der Waals surface area contributed by atoms with E-state index in [1.165, 1.54) is 0 Å². The Morgan fingerprint density at radius 3 is 2.03 bits per heavy atom. The third-order valence-corrected chi connectivity index (χ3v) is 6.87. The molecule has 35 heavy (non-hydrogen) atoms. The number of hydrogen-bond acceptors (Lipinski definition) is 5. The van der Waals surface area contributed by atoms with Gasteiger partial charge in [0.2, 0.25) is 5.91 Å². The number of hydrogen-bond donors (Lipinski definition) is 1. The highest BCUT2D eigenvalue weighted by molar-refractivity contribution is 7.13. The van der Waals surface area contributed by atoms with Gasteiger partial charge in [0.1, 0.15) is 11.0 Å². The minimum atomic E-state index is -0.922. The lowest BCUT2D eigenvalue weighted by atomic mass is 10.0. The molecule has 0 saturated carbocycles. The molecule has 1 N–H and O–H groups in total. The summed E-state index contributed by atoms with van der Waals surface area (Å²) in [5.74, 6) is -1.54. The van der Waals surface area contributed by atoms with Gasteiger partial charge in [-0.05, 0) is 30.2 Å². The molecule has 174 valence electrons. The van der Waals surface area contributed by atoms with Gasteiger partial charge in [0, 0.05) is 22.2 Å². The summed E-state index contributed by atoms with van der Waals surface area (Å²) in [7, 11) is 0. The smallest absolute Gasteiger partial charge is 0.262 e. The minimum Gasteiger partial charge on any atom is -0.324 e. The van der Waals surface area contributed by atoms with E-state index >= 15 is 0 Å². The second kappa shape index (κ2) is 9.27. The minimum absolute atomic E-state index is 0.261. The molecule has 1 unspecified atom stereocenters. The maximum Gasteiger partial charge on any atom is 0.262 e. The molecule has 3 amide bonds. The van der Waals surface area contributed by atoms with Crippen molar-refractivity contribution in [2.24, 2.45) is 5.92 Å². The van der Waals surface area contributed by atoms with E-state index in [0.29, 0.717) is 16.8 Å². The monoisotopic (exact) mass is 481 g/mol. The first-order valence-corrected chi connectivity index (χ1v) is 12.2. The molecule has 0 saturated heterocycles. The van der Waals surface area contributed by atoms with Crippen LogP contribution in [0.5, 0.6) is 0 Å². The second-order valence-corrected chi connectivity index (χ2v) is 9.54. The van der Waals surface area contributed by atoms with Crippen molar-refractivity contribution in [3.8, 4) is 21.8 Å². The molecule has 5 rings (SSSR count). The van der Waals surface area contributed by atoms with Gasteiger partial charge in [-0.2, -0.15) is 0 Å². The number of thiazole rings is 1. The first-order valence-electron chi connectivity index (χ1n) is 11.3. The predicted octanol–water partition coefficient (Wildman–Crippen LogP) is 5.74. The van der Waals surface area contributed by atoms with Gasteiger partial charge in [0.05, 0.1) is 16.8 Å². The van der Waals surface area contributed by atoms with E-state index in [2.05, 4.69) is 5.32 Å². The second-order valence-electron chi connectivity index (χ2n) is 8.69. The largest absolute Gasteiger partial charge is 0.324 e. The standard InChI is InChI=1S/C28H23N3O3S/c1-17(2)24(31-27(33)21-10-6-7-11-22(21)28(31)34)25(32)29-20-14-12-18(13-15-20)23-16-35-26(30-23)19-8-4-3-5-9-19/h3-17,24H,1-2H3,(H,29,32). The molecule has 0 radical (unpaired) electrons. The molecule has 1 aliphatic rings. The van der Waals surface area contributed by atoms with Crippen molar-refractivity contribution in [3.05, 3.63) is 95.4 Å². The molecule has 1 atom stereocenters. The zero-order valence-corrected chi connectivity index (χ0v) is 20.1. The van der Waals surface area contributed by atoms with Crippen molar-refractivity contribution in [1.29, 1.82) is 0 Å². The molecular formula is C28H23N3O3S. The highest BCUT2D eigenvalue weighted by Gasteiger charge is 2.43. The van der Waals surface area contributed by atoms with Crippen LogP contribution in [0.3, 0.4) is 0 Å². The van der Waals surface area contributed by atoms with Gasteiger partial charge in [0.15, 0.2) is 0 Å². The number of benzene rings is 3. The Labute approximate surface area is 207 Å². The third-order valence-electron chi connectivity index (χ3n) is 5.98. The molecule has 0 fully saturated rings. The maximum atomic E-state index is 13.2. The lowest BCUT2D eigenvalue weighted by Gasteiger charge is -2.28. The first-order chi connectivity index (χ1) is 16.9. The van der Waals surface area contributed by atoms with Crippen molar-refractivity contribution in [3.63, 3.8) is 0 Å². The van der Waals surface area contributed by atoms with Gasteiger partial charge in [0.25, 0.3) is 11.8 Å². The Balaban J connectivity index is 1.33. The number of carbonyl (C=O) groups is 3. The lowest BCUT2D eigenvalue weighted by molar-refractivity contribution is -0.121. The molecular weight excluding hydrogens is 458 g/mol. The molecule has 6 nitrogen and oxygen atoms in total. The fraction of sp³-hybridized carbons (Fsp3) is 0.143. The van der Waals surface area contributed by atoms with Crippen LogP contribution in [0.2, 0.25) is 0 Å². The molecule has 4 aromatic rings. The predicted molar refractivity (Wildman–Crippen MR) is 137 cm³/mol. The lowest BCUT2D eigenvalue weighted by Crippen LogP contribution is -2.50. The van der Waals surface area contributed by atoms with E-state index in [4.69, 9.17) is 4.98 Å². The van der Waals surface area contributed by atoms with Crippen molar-refractivity contribution < 1.29 is 14.4 Å². The number of anilines is 1. The Morgan fingerprint density at radius 2 is 1.43 bits per heavy atom. The van der Waals surface area contributed by atoms with Gasteiger partial charge in [-0.15, -0.1) is 11.3 Å². The van der Waals surface area contributed by atoms with Crippen molar-refractivity contribution in [1.82, 2.24) is 9.88 Å². The molecule has 3 aromatic carbocycles. The Kier molecular flexibility index (Phi) is 6.01. The molecule has 2 heterocycles. The van der Waals surface area contributed by atoms with Crippen LogP contribution in [0.25, 0.3) is 21.8 Å². The summed E-state index contributed by atoms with van der Waals surface area (Å²) in [6.45, 7) is 3.65. The van der Waals surface area contributed by atoms with Crippen LogP contribution in [0.15, 0.2) is 84.2 Å². The molecule has 7 heteroatoms. The summed E-state index contributed by atoms with van der Waals surface area (Å²) in [4.78, 5) is 44.9. The Bertz CT molecular complexity index is 1380. The molecule has 0 spiro atoms. The number of fused-ring (bicyclic) bond motifs is 1. The summed E-state index contributed by atoms with van der Waals surface area (Å²) < 4.78 is 0. The van der Waals surface area contributed by atoms with E-state index in [9.17, 15) is 14.4 Å². The summed E-state index contributed by atoms with van der Waals surface area (Å²) in [5, 5.41) is 5.83. The number of amides is 3. The summed E-state index contributed by atoms with van der Waals surface area (Å²) in [6.07, 6.45) is 0. The van der Waals surface area contributed by atoms with E-state index in [1.807, 2.05) is 61.7 Å². The molecule has 0 bridgehead atoms. The maximum absolute atomic E-state index is 13.2. The first kappa shape index (κ1) is 22.7. The van der Waals surface area contributed by atoms with E-state index in [-0.39, 0.29) is 5.92 Å². The SMILES string of the molecule is CC(C)C(C(=O)Nc1ccc(-c2csc(-c3ccccc3)n2)cc1)N1C(=O)c2ccccc2C1=O. The number of aromatic nitrogens is 1. The van der Waals surface area contributed by atoms with Crippen molar-refractivity contribution in [2.75, 3.05) is 5.32 Å². The zero-order chi connectivity index (χ0) is 24.5. The van der Waals surface area contributed by atoms with Crippen molar-refractivity contribution >= 4 is 34.7 Å². The van der Waals surface area contributed by atoms with Crippen LogP contribution < -0.4 is 5.32 Å². The summed E-state index contributed by atoms with van der Waals surface area (Å²) >= 11 is 1.58. The Hall–Kier alpha value is -4.10.